The van der Waals surface area contributed by atoms with Crippen molar-refractivity contribution < 1.29 is 5.11 Å². The lowest BCUT2D eigenvalue weighted by atomic mass is 10.1. The Morgan fingerprint density at radius 2 is 2.13 bits per heavy atom. The first-order valence-corrected chi connectivity index (χ1v) is 5.23. The smallest absolute Gasteiger partial charge is 0.223 e. The number of aromatic hydroxyl groups is 1. The molecule has 0 aliphatic rings. The number of halogens is 1. The van der Waals surface area contributed by atoms with Crippen LogP contribution in [0.2, 0.25) is 5.28 Å². The van der Waals surface area contributed by atoms with Gasteiger partial charge in [0.2, 0.25) is 5.28 Å². The van der Waals surface area contributed by atoms with E-state index < -0.39 is 0 Å². The third kappa shape index (κ3) is 2.02. The Balaban J connectivity index is 2.70. The van der Waals surface area contributed by atoms with E-state index in [2.05, 4.69) is 16.9 Å². The molecule has 0 aliphatic carbocycles. The van der Waals surface area contributed by atoms with Gasteiger partial charge in [-0.1, -0.05) is 13.3 Å². The van der Waals surface area contributed by atoms with Gasteiger partial charge in [0.15, 0.2) is 0 Å². The van der Waals surface area contributed by atoms with Crippen LogP contribution in [0.15, 0.2) is 18.2 Å². The fraction of sp³-hybridized carbons (Fsp3) is 0.273. The molecule has 0 aliphatic heterocycles. The standard InChI is InChI=1S/C11H11ClN2O/c1-2-3-9-8-6-7(15)4-5-10(8)14-11(12)13-9/h4-6,15H,2-3H2,1H3. The molecule has 78 valence electrons. The Kier molecular flexibility index (Phi) is 2.73. The van der Waals surface area contributed by atoms with Gasteiger partial charge in [-0.3, -0.25) is 0 Å². The van der Waals surface area contributed by atoms with E-state index in [1.807, 2.05) is 0 Å². The molecule has 1 aromatic heterocycles. The minimum atomic E-state index is 0.228. The summed E-state index contributed by atoms with van der Waals surface area (Å²) in [6, 6.07) is 5.02. The van der Waals surface area contributed by atoms with E-state index in [-0.39, 0.29) is 11.0 Å². The van der Waals surface area contributed by atoms with Crippen molar-refractivity contribution in [2.45, 2.75) is 19.8 Å². The summed E-state index contributed by atoms with van der Waals surface area (Å²) in [4.78, 5) is 8.28. The Bertz CT molecular complexity index is 499. The van der Waals surface area contributed by atoms with Crippen molar-refractivity contribution >= 4 is 22.5 Å². The van der Waals surface area contributed by atoms with Crippen LogP contribution in [0.5, 0.6) is 5.75 Å². The second-order valence-corrected chi connectivity index (χ2v) is 3.73. The summed E-state index contributed by atoms with van der Waals surface area (Å²) in [7, 11) is 0. The maximum atomic E-state index is 9.40. The van der Waals surface area contributed by atoms with Crippen LogP contribution in [0.25, 0.3) is 10.9 Å². The maximum absolute atomic E-state index is 9.40. The molecule has 1 aromatic carbocycles. The van der Waals surface area contributed by atoms with E-state index in [9.17, 15) is 5.11 Å². The van der Waals surface area contributed by atoms with Crippen LogP contribution < -0.4 is 0 Å². The Labute approximate surface area is 92.7 Å². The van der Waals surface area contributed by atoms with Crippen molar-refractivity contribution in [2.24, 2.45) is 0 Å². The second kappa shape index (κ2) is 4.03. The summed E-state index contributed by atoms with van der Waals surface area (Å²) < 4.78 is 0. The number of aryl methyl sites for hydroxylation is 1. The summed E-state index contributed by atoms with van der Waals surface area (Å²) in [5.41, 5.74) is 1.67. The van der Waals surface area contributed by atoms with Gasteiger partial charge in [-0.25, -0.2) is 9.97 Å². The van der Waals surface area contributed by atoms with Crippen molar-refractivity contribution in [1.29, 1.82) is 0 Å². The molecule has 0 fully saturated rings. The van der Waals surface area contributed by atoms with E-state index in [1.54, 1.807) is 18.2 Å². The minimum Gasteiger partial charge on any atom is -0.508 e. The zero-order valence-corrected chi connectivity index (χ0v) is 9.12. The summed E-state index contributed by atoms with van der Waals surface area (Å²) in [6.07, 6.45) is 1.82. The third-order valence-corrected chi connectivity index (χ3v) is 2.39. The predicted molar refractivity (Wildman–Crippen MR) is 60.2 cm³/mol. The van der Waals surface area contributed by atoms with Gasteiger partial charge in [0, 0.05) is 5.39 Å². The zero-order valence-electron chi connectivity index (χ0n) is 8.37. The number of benzene rings is 1. The second-order valence-electron chi connectivity index (χ2n) is 3.39. The molecule has 0 amide bonds. The van der Waals surface area contributed by atoms with Gasteiger partial charge in [-0.15, -0.1) is 0 Å². The van der Waals surface area contributed by atoms with Gasteiger partial charge < -0.3 is 5.11 Å². The highest BCUT2D eigenvalue weighted by atomic mass is 35.5. The molecule has 2 rings (SSSR count). The van der Waals surface area contributed by atoms with Gasteiger partial charge in [0.05, 0.1) is 11.2 Å². The average Bonchev–Trinajstić information content (AvgIpc) is 2.19. The molecule has 0 unspecified atom stereocenters. The van der Waals surface area contributed by atoms with Crippen molar-refractivity contribution in [3.05, 3.63) is 29.2 Å². The first-order valence-electron chi connectivity index (χ1n) is 4.86. The molecule has 1 heterocycles. The number of nitrogens with zero attached hydrogens (tertiary/aromatic N) is 2. The lowest BCUT2D eigenvalue weighted by Gasteiger charge is -2.05. The van der Waals surface area contributed by atoms with Crippen LogP contribution in [0.4, 0.5) is 0 Å². The Morgan fingerprint density at radius 1 is 1.33 bits per heavy atom. The fourth-order valence-electron chi connectivity index (χ4n) is 1.58. The van der Waals surface area contributed by atoms with Gasteiger partial charge in [-0.2, -0.15) is 0 Å². The highest BCUT2D eigenvalue weighted by Gasteiger charge is 2.06. The molecule has 0 bridgehead atoms. The molecule has 15 heavy (non-hydrogen) atoms. The quantitative estimate of drug-likeness (QED) is 0.795. The highest BCUT2D eigenvalue weighted by molar-refractivity contribution is 6.28. The van der Waals surface area contributed by atoms with Crippen molar-refractivity contribution in [2.75, 3.05) is 0 Å². The van der Waals surface area contributed by atoms with Crippen LogP contribution >= 0.6 is 11.6 Å². The van der Waals surface area contributed by atoms with Crippen LogP contribution in [-0.2, 0) is 6.42 Å². The van der Waals surface area contributed by atoms with E-state index >= 15 is 0 Å². The minimum absolute atomic E-state index is 0.228. The number of hydrogen-bond acceptors (Lipinski definition) is 3. The number of fused-ring (bicyclic) bond motifs is 1. The monoisotopic (exact) mass is 222 g/mol. The van der Waals surface area contributed by atoms with Crippen LogP contribution in [0.3, 0.4) is 0 Å². The molecule has 0 spiro atoms. The molecule has 0 atom stereocenters. The van der Waals surface area contributed by atoms with Gasteiger partial charge >= 0.3 is 0 Å². The normalized spacial score (nSPS) is 10.8. The molecule has 0 radical (unpaired) electrons. The van der Waals surface area contributed by atoms with Gasteiger partial charge in [-0.05, 0) is 36.2 Å². The molecule has 1 N–H and O–H groups in total. The highest BCUT2D eigenvalue weighted by Crippen LogP contribution is 2.23. The largest absolute Gasteiger partial charge is 0.508 e. The lowest BCUT2D eigenvalue weighted by molar-refractivity contribution is 0.476. The predicted octanol–water partition coefficient (Wildman–Crippen LogP) is 2.94. The average molecular weight is 223 g/mol. The number of phenolic OH excluding ortho intramolecular Hbond substituents is 1. The van der Waals surface area contributed by atoms with Crippen LogP contribution in [-0.4, -0.2) is 15.1 Å². The molecule has 0 saturated heterocycles. The van der Waals surface area contributed by atoms with Crippen molar-refractivity contribution in [3.8, 4) is 5.75 Å². The van der Waals surface area contributed by atoms with Gasteiger partial charge in [0.25, 0.3) is 0 Å². The van der Waals surface area contributed by atoms with E-state index in [1.165, 1.54) is 0 Å². The topological polar surface area (TPSA) is 46.0 Å². The first-order chi connectivity index (χ1) is 7.20. The molecule has 4 heteroatoms. The fourth-order valence-corrected chi connectivity index (χ4v) is 1.77. The molecular formula is C11H11ClN2O. The summed E-state index contributed by atoms with van der Waals surface area (Å²) in [5, 5.41) is 10.5. The van der Waals surface area contributed by atoms with Gasteiger partial charge in [0.1, 0.15) is 5.75 Å². The number of hydrogen-bond donors (Lipinski definition) is 1. The summed E-state index contributed by atoms with van der Waals surface area (Å²) in [5.74, 6) is 0.228. The first kappa shape index (κ1) is 10.2. The third-order valence-electron chi connectivity index (χ3n) is 2.22. The molecule has 0 saturated carbocycles. The molecule has 3 nitrogen and oxygen atoms in total. The lowest BCUT2D eigenvalue weighted by Crippen LogP contribution is -1.94. The summed E-state index contributed by atoms with van der Waals surface area (Å²) >= 11 is 5.81. The van der Waals surface area contributed by atoms with Crippen LogP contribution in [0.1, 0.15) is 19.0 Å². The van der Waals surface area contributed by atoms with Crippen molar-refractivity contribution in [1.82, 2.24) is 9.97 Å². The SMILES string of the molecule is CCCc1nc(Cl)nc2ccc(O)cc12. The molecule has 2 aromatic rings. The number of aromatic nitrogens is 2. The molecular weight excluding hydrogens is 212 g/mol. The Hall–Kier alpha value is -1.35. The van der Waals surface area contributed by atoms with E-state index in [0.717, 1.165) is 29.4 Å². The zero-order chi connectivity index (χ0) is 10.8. The van der Waals surface area contributed by atoms with Crippen molar-refractivity contribution in [3.63, 3.8) is 0 Å². The summed E-state index contributed by atoms with van der Waals surface area (Å²) in [6.45, 7) is 2.07. The number of rotatable bonds is 2. The Morgan fingerprint density at radius 3 is 2.87 bits per heavy atom. The van der Waals surface area contributed by atoms with E-state index in [0.29, 0.717) is 0 Å². The van der Waals surface area contributed by atoms with E-state index in [4.69, 9.17) is 11.6 Å². The maximum Gasteiger partial charge on any atom is 0.223 e. The van der Waals surface area contributed by atoms with Crippen LogP contribution in [0, 0.1) is 0 Å². The number of phenols is 1.